The zero-order valence-corrected chi connectivity index (χ0v) is 20.0. The van der Waals surface area contributed by atoms with Crippen molar-refractivity contribution in [1.29, 1.82) is 5.26 Å². The maximum Gasteiger partial charge on any atom is 0.253 e. The highest BCUT2D eigenvalue weighted by Crippen LogP contribution is 2.30. The average Bonchev–Trinajstić information content (AvgIpc) is 2.89. The van der Waals surface area contributed by atoms with Gasteiger partial charge >= 0.3 is 0 Å². The fourth-order valence-electron chi connectivity index (χ4n) is 5.15. The number of hydrogen-bond acceptors (Lipinski definition) is 4. The lowest BCUT2D eigenvalue weighted by molar-refractivity contribution is -0.122. The van der Waals surface area contributed by atoms with Crippen LogP contribution in [0.1, 0.15) is 71.5 Å². The van der Waals surface area contributed by atoms with E-state index in [2.05, 4.69) is 11.4 Å². The van der Waals surface area contributed by atoms with E-state index >= 15 is 0 Å². The van der Waals surface area contributed by atoms with E-state index in [9.17, 15) is 9.59 Å². The Labute approximate surface area is 201 Å². The van der Waals surface area contributed by atoms with Gasteiger partial charge in [-0.05, 0) is 80.3 Å². The van der Waals surface area contributed by atoms with Crippen LogP contribution < -0.4 is 5.32 Å². The third-order valence-electron chi connectivity index (χ3n) is 7.37. The van der Waals surface area contributed by atoms with Gasteiger partial charge in [-0.1, -0.05) is 24.6 Å². The van der Waals surface area contributed by atoms with Crippen molar-refractivity contribution in [3.8, 4) is 6.07 Å². The molecule has 1 aliphatic carbocycles. The van der Waals surface area contributed by atoms with Crippen molar-refractivity contribution in [2.75, 3.05) is 25.5 Å². The van der Waals surface area contributed by atoms with Crippen LogP contribution in [-0.4, -0.2) is 43.0 Å². The molecule has 2 aliphatic rings. The van der Waals surface area contributed by atoms with E-state index in [1.54, 1.807) is 7.11 Å². The third-order valence-corrected chi connectivity index (χ3v) is 7.37. The monoisotopic (exact) mass is 459 g/mol. The van der Waals surface area contributed by atoms with Crippen molar-refractivity contribution in [2.45, 2.75) is 57.5 Å². The van der Waals surface area contributed by atoms with E-state index < -0.39 is 0 Å². The first-order valence-electron chi connectivity index (χ1n) is 12.2. The summed E-state index contributed by atoms with van der Waals surface area (Å²) in [5.41, 5.74) is 4.16. The number of piperidine rings is 1. The van der Waals surface area contributed by atoms with Crippen molar-refractivity contribution >= 4 is 17.5 Å². The standard InChI is InChI=1S/C28H33N3O3/c1-19-6-9-24(17-26(19)30-27(32)23-4-3-5-25(16-23)34-2)28(33)31-14-12-22(13-15-31)21-10-7-20(18-29)8-11-21/h6-11,17,22-23,25H,3-5,12-16H2,1-2H3,(H,30,32). The molecule has 4 rings (SSSR count). The van der Waals surface area contributed by atoms with E-state index in [1.807, 2.05) is 54.3 Å². The number of nitrogens with zero attached hydrogens (tertiary/aromatic N) is 2. The molecule has 0 radical (unpaired) electrons. The van der Waals surface area contributed by atoms with Crippen LogP contribution in [0.2, 0.25) is 0 Å². The normalized spacial score (nSPS) is 21.0. The predicted molar refractivity (Wildman–Crippen MR) is 132 cm³/mol. The number of ether oxygens (including phenoxy) is 1. The molecule has 0 aromatic heterocycles. The largest absolute Gasteiger partial charge is 0.381 e. The lowest BCUT2D eigenvalue weighted by Gasteiger charge is -2.32. The second-order valence-corrected chi connectivity index (χ2v) is 9.54. The van der Waals surface area contributed by atoms with Gasteiger partial charge in [0.05, 0.1) is 17.7 Å². The van der Waals surface area contributed by atoms with Gasteiger partial charge in [0.2, 0.25) is 5.91 Å². The first-order valence-corrected chi connectivity index (χ1v) is 12.2. The maximum absolute atomic E-state index is 13.2. The van der Waals surface area contributed by atoms with Crippen LogP contribution >= 0.6 is 0 Å². The fourth-order valence-corrected chi connectivity index (χ4v) is 5.15. The second-order valence-electron chi connectivity index (χ2n) is 9.54. The molecule has 6 heteroatoms. The summed E-state index contributed by atoms with van der Waals surface area (Å²) < 4.78 is 5.47. The third kappa shape index (κ3) is 5.48. The minimum Gasteiger partial charge on any atom is -0.381 e. The van der Waals surface area contributed by atoms with E-state index in [0.717, 1.165) is 44.1 Å². The number of rotatable bonds is 5. The van der Waals surface area contributed by atoms with Gasteiger partial charge in [0, 0.05) is 37.4 Å². The molecule has 0 bridgehead atoms. The number of benzene rings is 2. The molecule has 1 saturated carbocycles. The van der Waals surface area contributed by atoms with E-state index in [0.29, 0.717) is 35.8 Å². The number of amides is 2. The highest BCUT2D eigenvalue weighted by Gasteiger charge is 2.28. The highest BCUT2D eigenvalue weighted by atomic mass is 16.5. The van der Waals surface area contributed by atoms with Gasteiger partial charge in [-0.3, -0.25) is 9.59 Å². The van der Waals surface area contributed by atoms with Crippen molar-refractivity contribution in [3.63, 3.8) is 0 Å². The Morgan fingerprint density at radius 2 is 1.79 bits per heavy atom. The van der Waals surface area contributed by atoms with E-state index in [1.165, 1.54) is 5.56 Å². The zero-order valence-electron chi connectivity index (χ0n) is 20.0. The second kappa shape index (κ2) is 10.8. The van der Waals surface area contributed by atoms with Crippen LogP contribution in [0.25, 0.3) is 0 Å². The first-order chi connectivity index (χ1) is 16.5. The van der Waals surface area contributed by atoms with Crippen LogP contribution in [0.5, 0.6) is 0 Å². The molecule has 1 N–H and O–H groups in total. The summed E-state index contributed by atoms with van der Waals surface area (Å²) in [4.78, 5) is 28.0. The van der Waals surface area contributed by atoms with Crippen LogP contribution in [-0.2, 0) is 9.53 Å². The molecule has 178 valence electrons. The Bertz CT molecular complexity index is 1070. The molecule has 2 aromatic rings. The molecular weight excluding hydrogens is 426 g/mol. The minimum atomic E-state index is -0.0567. The number of anilines is 1. The molecule has 1 aliphatic heterocycles. The SMILES string of the molecule is COC1CCCC(C(=O)Nc2cc(C(=O)N3CCC(c4ccc(C#N)cc4)CC3)ccc2C)C1. The number of methoxy groups -OCH3 is 1. The predicted octanol–water partition coefficient (Wildman–Crippen LogP) is 5.03. The molecule has 34 heavy (non-hydrogen) atoms. The summed E-state index contributed by atoms with van der Waals surface area (Å²) in [6.07, 6.45) is 5.56. The highest BCUT2D eigenvalue weighted by molar-refractivity contribution is 5.98. The Morgan fingerprint density at radius 1 is 1.06 bits per heavy atom. The van der Waals surface area contributed by atoms with Crippen molar-refractivity contribution in [2.24, 2.45) is 5.92 Å². The van der Waals surface area contributed by atoms with Gasteiger partial charge in [-0.2, -0.15) is 5.26 Å². The molecule has 0 spiro atoms. The topological polar surface area (TPSA) is 82.4 Å². The van der Waals surface area contributed by atoms with Gasteiger partial charge in [0.25, 0.3) is 5.91 Å². The summed E-state index contributed by atoms with van der Waals surface area (Å²) >= 11 is 0. The number of nitriles is 1. The smallest absolute Gasteiger partial charge is 0.253 e. The minimum absolute atomic E-state index is 0.00545. The molecule has 1 saturated heterocycles. The Hall–Kier alpha value is -3.17. The Balaban J connectivity index is 1.38. The lowest BCUT2D eigenvalue weighted by Crippen LogP contribution is -2.38. The maximum atomic E-state index is 13.2. The van der Waals surface area contributed by atoms with Crippen molar-refractivity contribution < 1.29 is 14.3 Å². The summed E-state index contributed by atoms with van der Waals surface area (Å²) in [7, 11) is 1.71. The molecule has 1 heterocycles. The summed E-state index contributed by atoms with van der Waals surface area (Å²) in [6, 6.07) is 15.5. The Kier molecular flexibility index (Phi) is 7.64. The van der Waals surface area contributed by atoms with E-state index in [-0.39, 0.29) is 23.8 Å². The fraction of sp³-hybridized carbons (Fsp3) is 0.464. The molecule has 2 atom stereocenters. The number of hydrogen-bond donors (Lipinski definition) is 1. The van der Waals surface area contributed by atoms with Crippen LogP contribution in [0.3, 0.4) is 0 Å². The van der Waals surface area contributed by atoms with Gasteiger partial charge in [0.15, 0.2) is 0 Å². The number of carbonyl (C=O) groups excluding carboxylic acids is 2. The quantitative estimate of drug-likeness (QED) is 0.680. The molecule has 2 aromatic carbocycles. The van der Waals surface area contributed by atoms with Gasteiger partial charge < -0.3 is 15.0 Å². The molecule has 2 fully saturated rings. The van der Waals surface area contributed by atoms with Gasteiger partial charge in [-0.25, -0.2) is 0 Å². The van der Waals surface area contributed by atoms with Crippen LogP contribution in [0, 0.1) is 24.2 Å². The lowest BCUT2D eigenvalue weighted by atomic mass is 9.86. The Morgan fingerprint density at radius 3 is 2.47 bits per heavy atom. The van der Waals surface area contributed by atoms with E-state index in [4.69, 9.17) is 10.00 Å². The summed E-state index contributed by atoms with van der Waals surface area (Å²) in [5.74, 6) is 0.360. The van der Waals surface area contributed by atoms with Gasteiger partial charge in [-0.15, -0.1) is 0 Å². The first kappa shape index (κ1) is 24.0. The average molecular weight is 460 g/mol. The summed E-state index contributed by atoms with van der Waals surface area (Å²) in [5, 5.41) is 12.1. The number of likely N-dealkylation sites (tertiary alicyclic amines) is 1. The number of nitrogens with one attached hydrogen (secondary N) is 1. The molecule has 2 unspecified atom stereocenters. The van der Waals surface area contributed by atoms with Crippen LogP contribution in [0.4, 0.5) is 5.69 Å². The molecular formula is C28H33N3O3. The van der Waals surface area contributed by atoms with Crippen molar-refractivity contribution in [1.82, 2.24) is 4.90 Å². The number of aryl methyl sites for hydroxylation is 1. The molecule has 6 nitrogen and oxygen atoms in total. The van der Waals surface area contributed by atoms with Gasteiger partial charge in [0.1, 0.15) is 0 Å². The summed E-state index contributed by atoms with van der Waals surface area (Å²) in [6.45, 7) is 3.34. The van der Waals surface area contributed by atoms with Crippen LogP contribution in [0.15, 0.2) is 42.5 Å². The molecule has 2 amide bonds. The number of carbonyl (C=O) groups is 2. The zero-order chi connectivity index (χ0) is 24.1. The van der Waals surface area contributed by atoms with Crippen molar-refractivity contribution in [3.05, 3.63) is 64.7 Å².